The first-order valence-electron chi connectivity index (χ1n) is 4.66. The summed E-state index contributed by atoms with van der Waals surface area (Å²) in [6.07, 6.45) is 6.30. The van der Waals surface area contributed by atoms with E-state index in [2.05, 4.69) is 15.4 Å². The first-order valence-corrected chi connectivity index (χ1v) is 4.66. The Kier molecular flexibility index (Phi) is 2.86. The molecule has 2 aromatic heterocycles. The fourth-order valence-corrected chi connectivity index (χ4v) is 1.22. The molecule has 0 saturated carbocycles. The van der Waals surface area contributed by atoms with Crippen LogP contribution in [0.15, 0.2) is 29.4 Å². The number of carbonyl (C=O) groups is 1. The van der Waals surface area contributed by atoms with Gasteiger partial charge in [-0.3, -0.25) is 9.48 Å². The van der Waals surface area contributed by atoms with Gasteiger partial charge in [0.2, 0.25) is 5.91 Å². The minimum Gasteiger partial charge on any atom is -0.447 e. The van der Waals surface area contributed by atoms with Crippen molar-refractivity contribution in [1.82, 2.24) is 14.8 Å². The highest BCUT2D eigenvalue weighted by Crippen LogP contribution is 2.07. The third-order valence-electron chi connectivity index (χ3n) is 1.90. The summed E-state index contributed by atoms with van der Waals surface area (Å²) in [5.41, 5.74) is 5.83. The monoisotopic (exact) mass is 221 g/mol. The summed E-state index contributed by atoms with van der Waals surface area (Å²) in [7, 11) is 0. The summed E-state index contributed by atoms with van der Waals surface area (Å²) in [4.78, 5) is 14.4. The van der Waals surface area contributed by atoms with Gasteiger partial charge in [0.05, 0.1) is 24.6 Å². The largest absolute Gasteiger partial charge is 0.447 e. The summed E-state index contributed by atoms with van der Waals surface area (Å²) in [6.45, 7) is 0.590. The lowest BCUT2D eigenvalue weighted by atomic mass is 10.4. The number of nitrogens with zero attached hydrogens (tertiary/aromatic N) is 3. The molecule has 0 aliphatic rings. The number of hydrogen-bond acceptors (Lipinski definition) is 5. The van der Waals surface area contributed by atoms with Gasteiger partial charge in [-0.25, -0.2) is 4.98 Å². The van der Waals surface area contributed by atoms with Gasteiger partial charge in [0.1, 0.15) is 12.3 Å². The number of oxazole rings is 1. The molecule has 2 rings (SSSR count). The van der Waals surface area contributed by atoms with Crippen LogP contribution in [0.4, 0.5) is 5.69 Å². The first kappa shape index (κ1) is 10.2. The normalized spacial score (nSPS) is 10.2. The molecule has 7 heteroatoms. The zero-order chi connectivity index (χ0) is 11.4. The van der Waals surface area contributed by atoms with E-state index in [1.165, 1.54) is 11.1 Å². The second-order valence-electron chi connectivity index (χ2n) is 3.21. The third kappa shape index (κ3) is 2.59. The Morgan fingerprint density at radius 3 is 3.12 bits per heavy atom. The molecule has 84 valence electrons. The summed E-state index contributed by atoms with van der Waals surface area (Å²) < 4.78 is 6.51. The molecule has 2 aromatic rings. The van der Waals surface area contributed by atoms with E-state index in [1.54, 1.807) is 18.6 Å². The maximum Gasteiger partial charge on any atom is 0.239 e. The van der Waals surface area contributed by atoms with Crippen LogP contribution in [0.1, 0.15) is 5.76 Å². The highest BCUT2D eigenvalue weighted by Gasteiger charge is 2.02. The van der Waals surface area contributed by atoms with Gasteiger partial charge in [-0.2, -0.15) is 5.10 Å². The smallest absolute Gasteiger partial charge is 0.239 e. The van der Waals surface area contributed by atoms with Gasteiger partial charge in [0.15, 0.2) is 6.39 Å². The zero-order valence-electron chi connectivity index (χ0n) is 8.46. The second-order valence-corrected chi connectivity index (χ2v) is 3.21. The van der Waals surface area contributed by atoms with E-state index in [4.69, 9.17) is 10.2 Å². The lowest BCUT2D eigenvalue weighted by Crippen LogP contribution is -2.18. The molecule has 0 unspecified atom stereocenters. The van der Waals surface area contributed by atoms with E-state index in [1.807, 2.05) is 0 Å². The molecular formula is C9H11N5O2. The molecule has 2 heterocycles. The third-order valence-corrected chi connectivity index (χ3v) is 1.90. The van der Waals surface area contributed by atoms with Crippen LogP contribution in [0, 0.1) is 0 Å². The summed E-state index contributed by atoms with van der Waals surface area (Å²) in [5.74, 6) is 0.299. The molecule has 1 amide bonds. The standard InChI is InChI=1S/C9H11N5O2/c10-9(15)5-14-4-7(1-13-14)12-3-8-2-11-6-16-8/h1-2,4,6,12H,3,5H2,(H2,10,15). The van der Waals surface area contributed by atoms with Crippen LogP contribution in [0.3, 0.4) is 0 Å². The predicted octanol–water partition coefficient (Wildman–Crippen LogP) is -0.0315. The fraction of sp³-hybridized carbons (Fsp3) is 0.222. The molecule has 0 spiro atoms. The van der Waals surface area contributed by atoms with Gasteiger partial charge in [0.25, 0.3) is 0 Å². The topological polar surface area (TPSA) is 99.0 Å². The van der Waals surface area contributed by atoms with E-state index in [0.717, 1.165) is 11.4 Å². The Balaban J connectivity index is 1.90. The van der Waals surface area contributed by atoms with Crippen molar-refractivity contribution in [3.8, 4) is 0 Å². The number of rotatable bonds is 5. The molecule has 0 radical (unpaired) electrons. The van der Waals surface area contributed by atoms with Crippen LogP contribution in [-0.2, 0) is 17.9 Å². The SMILES string of the molecule is NC(=O)Cn1cc(NCc2cnco2)cn1. The molecule has 0 fully saturated rings. The molecule has 0 aromatic carbocycles. The lowest BCUT2D eigenvalue weighted by Gasteiger charge is -1.98. The quantitative estimate of drug-likeness (QED) is 0.738. The Morgan fingerprint density at radius 2 is 2.44 bits per heavy atom. The van der Waals surface area contributed by atoms with E-state index in [0.29, 0.717) is 6.54 Å². The van der Waals surface area contributed by atoms with Crippen molar-refractivity contribution in [3.05, 3.63) is 30.7 Å². The van der Waals surface area contributed by atoms with Crippen molar-refractivity contribution < 1.29 is 9.21 Å². The number of aromatic nitrogens is 3. The van der Waals surface area contributed by atoms with Crippen LogP contribution in [0.5, 0.6) is 0 Å². The summed E-state index contributed by atoms with van der Waals surface area (Å²) in [6, 6.07) is 0. The van der Waals surface area contributed by atoms with Crippen molar-refractivity contribution in [2.75, 3.05) is 5.32 Å². The van der Waals surface area contributed by atoms with Gasteiger partial charge < -0.3 is 15.5 Å². The van der Waals surface area contributed by atoms with Crippen molar-refractivity contribution in [3.63, 3.8) is 0 Å². The highest BCUT2D eigenvalue weighted by molar-refractivity contribution is 5.73. The van der Waals surface area contributed by atoms with Crippen molar-refractivity contribution >= 4 is 11.6 Å². The number of hydrogen-bond donors (Lipinski definition) is 2. The lowest BCUT2D eigenvalue weighted by molar-refractivity contribution is -0.118. The van der Waals surface area contributed by atoms with Crippen LogP contribution in [-0.4, -0.2) is 20.7 Å². The molecule has 7 nitrogen and oxygen atoms in total. The molecule has 0 atom stereocenters. The number of amides is 1. The van der Waals surface area contributed by atoms with Crippen LogP contribution in [0.2, 0.25) is 0 Å². The van der Waals surface area contributed by atoms with Crippen molar-refractivity contribution in [2.24, 2.45) is 5.73 Å². The van der Waals surface area contributed by atoms with Gasteiger partial charge in [-0.15, -0.1) is 0 Å². The predicted molar refractivity (Wildman–Crippen MR) is 55.3 cm³/mol. The molecule has 16 heavy (non-hydrogen) atoms. The fourth-order valence-electron chi connectivity index (χ4n) is 1.22. The molecule has 3 N–H and O–H groups in total. The minimum absolute atomic E-state index is 0.0734. The van der Waals surface area contributed by atoms with Gasteiger partial charge in [0, 0.05) is 6.20 Å². The number of nitrogens with two attached hydrogens (primary N) is 1. The van der Waals surface area contributed by atoms with Crippen molar-refractivity contribution in [2.45, 2.75) is 13.1 Å². The molecule has 0 aliphatic carbocycles. The van der Waals surface area contributed by atoms with Crippen LogP contribution < -0.4 is 11.1 Å². The minimum atomic E-state index is -0.426. The van der Waals surface area contributed by atoms with E-state index in [9.17, 15) is 4.79 Å². The Labute approximate surface area is 91.3 Å². The molecule has 0 aliphatic heterocycles. The molecular weight excluding hydrogens is 210 g/mol. The maximum atomic E-state index is 10.6. The highest BCUT2D eigenvalue weighted by atomic mass is 16.3. The summed E-state index contributed by atoms with van der Waals surface area (Å²) >= 11 is 0. The van der Waals surface area contributed by atoms with E-state index in [-0.39, 0.29) is 6.54 Å². The van der Waals surface area contributed by atoms with Gasteiger partial charge >= 0.3 is 0 Å². The first-order chi connectivity index (χ1) is 7.74. The van der Waals surface area contributed by atoms with Crippen molar-refractivity contribution in [1.29, 1.82) is 0 Å². The molecule has 0 saturated heterocycles. The van der Waals surface area contributed by atoms with E-state index < -0.39 is 5.91 Å². The second kappa shape index (κ2) is 4.47. The molecule has 0 bridgehead atoms. The maximum absolute atomic E-state index is 10.6. The Morgan fingerprint density at radius 1 is 1.56 bits per heavy atom. The Hall–Kier alpha value is -2.31. The van der Waals surface area contributed by atoms with E-state index >= 15 is 0 Å². The van der Waals surface area contributed by atoms with Gasteiger partial charge in [-0.1, -0.05) is 0 Å². The van der Waals surface area contributed by atoms with Crippen LogP contribution in [0.25, 0.3) is 0 Å². The number of primary amides is 1. The number of carbonyl (C=O) groups excluding carboxylic acids is 1. The number of anilines is 1. The Bertz CT molecular complexity index is 462. The summed E-state index contributed by atoms with van der Waals surface area (Å²) in [5, 5.41) is 7.03. The van der Waals surface area contributed by atoms with Crippen LogP contribution >= 0.6 is 0 Å². The van der Waals surface area contributed by atoms with Gasteiger partial charge in [-0.05, 0) is 0 Å². The average Bonchev–Trinajstić information content (AvgIpc) is 2.84. The zero-order valence-corrected chi connectivity index (χ0v) is 8.46. The number of nitrogens with one attached hydrogen (secondary N) is 1. The average molecular weight is 221 g/mol.